The standard InChI is InChI=1S/C18H13BrClN5O4/c19-13-3-1-11(2-4-13)9-24-10-15(25(28)29)17(23-24)18(27)22-21-8-12-7-14(20)5-6-16(12)26/h1-8,10,26H,9H2,(H,22,27). The van der Waals surface area contributed by atoms with Crippen LogP contribution in [0.3, 0.4) is 0 Å². The van der Waals surface area contributed by atoms with Crippen LogP contribution >= 0.6 is 27.5 Å². The Morgan fingerprint density at radius 1 is 1.34 bits per heavy atom. The molecule has 0 saturated heterocycles. The van der Waals surface area contributed by atoms with Gasteiger partial charge >= 0.3 is 5.69 Å². The van der Waals surface area contributed by atoms with Gasteiger partial charge in [0, 0.05) is 15.1 Å². The second kappa shape index (κ2) is 8.84. The highest BCUT2D eigenvalue weighted by Gasteiger charge is 2.25. The van der Waals surface area contributed by atoms with E-state index < -0.39 is 16.5 Å². The number of aromatic hydroxyl groups is 1. The van der Waals surface area contributed by atoms with E-state index in [4.69, 9.17) is 11.6 Å². The fourth-order valence-corrected chi connectivity index (χ4v) is 2.85. The summed E-state index contributed by atoms with van der Waals surface area (Å²) in [4.78, 5) is 22.9. The van der Waals surface area contributed by atoms with Crippen molar-refractivity contribution in [3.8, 4) is 5.75 Å². The Bertz CT molecular complexity index is 1100. The van der Waals surface area contributed by atoms with Gasteiger partial charge < -0.3 is 5.11 Å². The SMILES string of the molecule is O=C(NN=Cc1cc(Cl)ccc1O)c1nn(Cc2ccc(Br)cc2)cc1[N+](=O)[O-]. The summed E-state index contributed by atoms with van der Waals surface area (Å²) in [6.45, 7) is 0.251. The van der Waals surface area contributed by atoms with Crippen LogP contribution in [0.1, 0.15) is 21.6 Å². The molecule has 2 aromatic carbocycles. The molecule has 0 saturated carbocycles. The lowest BCUT2D eigenvalue weighted by Gasteiger charge is -2.01. The maximum atomic E-state index is 12.3. The molecule has 0 atom stereocenters. The number of halogens is 2. The van der Waals surface area contributed by atoms with E-state index in [1.54, 1.807) is 0 Å². The van der Waals surface area contributed by atoms with E-state index >= 15 is 0 Å². The van der Waals surface area contributed by atoms with Gasteiger partial charge in [-0.3, -0.25) is 19.6 Å². The summed E-state index contributed by atoms with van der Waals surface area (Å²) < 4.78 is 2.21. The first-order valence-electron chi connectivity index (χ1n) is 8.11. The van der Waals surface area contributed by atoms with E-state index in [-0.39, 0.29) is 23.6 Å². The molecule has 29 heavy (non-hydrogen) atoms. The van der Waals surface area contributed by atoms with E-state index in [0.29, 0.717) is 5.02 Å². The molecule has 0 bridgehead atoms. The van der Waals surface area contributed by atoms with Crippen LogP contribution in [0.5, 0.6) is 5.75 Å². The van der Waals surface area contributed by atoms with Crippen molar-refractivity contribution in [3.63, 3.8) is 0 Å². The first kappa shape index (κ1) is 20.5. The Labute approximate surface area is 177 Å². The number of benzene rings is 2. The van der Waals surface area contributed by atoms with Crippen molar-refractivity contribution in [1.29, 1.82) is 0 Å². The fraction of sp³-hybridized carbons (Fsp3) is 0.0556. The molecule has 0 aliphatic rings. The molecule has 148 valence electrons. The number of nitrogens with zero attached hydrogens (tertiary/aromatic N) is 4. The molecule has 1 amide bonds. The molecule has 2 N–H and O–H groups in total. The highest BCUT2D eigenvalue weighted by atomic mass is 79.9. The Kier molecular flexibility index (Phi) is 6.25. The van der Waals surface area contributed by atoms with Gasteiger partial charge in [-0.25, -0.2) is 5.43 Å². The number of rotatable bonds is 6. The predicted molar refractivity (Wildman–Crippen MR) is 110 cm³/mol. The zero-order chi connectivity index (χ0) is 21.0. The highest BCUT2D eigenvalue weighted by molar-refractivity contribution is 9.10. The summed E-state index contributed by atoms with van der Waals surface area (Å²) in [7, 11) is 0. The molecular formula is C18H13BrClN5O4. The number of hydrogen-bond acceptors (Lipinski definition) is 6. The van der Waals surface area contributed by atoms with Gasteiger partial charge in [0.25, 0.3) is 5.91 Å². The Morgan fingerprint density at radius 3 is 2.76 bits per heavy atom. The quantitative estimate of drug-likeness (QED) is 0.317. The van der Waals surface area contributed by atoms with E-state index in [1.165, 1.54) is 35.3 Å². The average molecular weight is 479 g/mol. The molecule has 11 heteroatoms. The van der Waals surface area contributed by atoms with Crippen LogP contribution in [0, 0.1) is 10.1 Å². The maximum Gasteiger partial charge on any atom is 0.320 e. The minimum absolute atomic E-state index is 0.0860. The largest absolute Gasteiger partial charge is 0.507 e. The summed E-state index contributed by atoms with van der Waals surface area (Å²) >= 11 is 9.17. The Morgan fingerprint density at radius 2 is 2.07 bits per heavy atom. The number of hydrazone groups is 1. The topological polar surface area (TPSA) is 123 Å². The number of phenols is 1. The summed E-state index contributed by atoms with van der Waals surface area (Å²) in [5.74, 6) is -0.943. The number of nitro groups is 1. The van der Waals surface area contributed by atoms with E-state index in [9.17, 15) is 20.0 Å². The molecule has 0 radical (unpaired) electrons. The molecule has 3 aromatic rings. The molecular weight excluding hydrogens is 466 g/mol. The summed E-state index contributed by atoms with van der Waals surface area (Å²) in [6, 6.07) is 11.6. The van der Waals surface area contributed by atoms with Crippen molar-refractivity contribution in [2.75, 3.05) is 0 Å². The second-order valence-electron chi connectivity index (χ2n) is 5.85. The Hall–Kier alpha value is -3.24. The first-order valence-corrected chi connectivity index (χ1v) is 9.29. The number of phenolic OH excluding ortho intramolecular Hbond substituents is 1. The lowest BCUT2D eigenvalue weighted by Crippen LogP contribution is -2.19. The average Bonchev–Trinajstić information content (AvgIpc) is 3.10. The minimum atomic E-state index is -0.857. The van der Waals surface area contributed by atoms with Crippen LogP contribution in [0.2, 0.25) is 5.02 Å². The predicted octanol–water partition coefficient (Wildman–Crippen LogP) is 3.73. The van der Waals surface area contributed by atoms with E-state index in [2.05, 4.69) is 31.6 Å². The normalized spacial score (nSPS) is 11.0. The van der Waals surface area contributed by atoms with Crippen LogP contribution in [0.25, 0.3) is 0 Å². The maximum absolute atomic E-state index is 12.3. The van der Waals surface area contributed by atoms with Crippen LogP contribution in [0.15, 0.2) is 58.2 Å². The molecule has 1 aromatic heterocycles. The zero-order valence-electron chi connectivity index (χ0n) is 14.6. The van der Waals surface area contributed by atoms with Gasteiger partial charge in [-0.1, -0.05) is 39.7 Å². The third-order valence-electron chi connectivity index (χ3n) is 3.77. The second-order valence-corrected chi connectivity index (χ2v) is 7.20. The lowest BCUT2D eigenvalue weighted by atomic mass is 10.2. The molecule has 0 spiro atoms. The number of nitrogens with one attached hydrogen (secondary N) is 1. The molecule has 0 unspecified atom stereocenters. The monoisotopic (exact) mass is 477 g/mol. The fourth-order valence-electron chi connectivity index (χ4n) is 2.41. The highest BCUT2D eigenvalue weighted by Crippen LogP contribution is 2.20. The number of carbonyl (C=O) groups is 1. The summed E-state index contributed by atoms with van der Waals surface area (Å²) in [5, 5.41) is 29.1. The van der Waals surface area contributed by atoms with Gasteiger partial charge in [-0.15, -0.1) is 0 Å². The van der Waals surface area contributed by atoms with Gasteiger partial charge in [0.2, 0.25) is 5.69 Å². The summed E-state index contributed by atoms with van der Waals surface area (Å²) in [6.07, 6.45) is 2.35. The molecule has 1 heterocycles. The number of carbonyl (C=O) groups excluding carboxylic acids is 1. The van der Waals surface area contributed by atoms with E-state index in [0.717, 1.165) is 10.0 Å². The first-order chi connectivity index (χ1) is 13.8. The van der Waals surface area contributed by atoms with Crippen molar-refractivity contribution in [3.05, 3.63) is 85.1 Å². The van der Waals surface area contributed by atoms with Crippen molar-refractivity contribution in [2.45, 2.75) is 6.54 Å². The van der Waals surface area contributed by atoms with Gasteiger partial charge in [-0.2, -0.15) is 10.2 Å². The summed E-state index contributed by atoms with van der Waals surface area (Å²) in [5.41, 5.74) is 2.47. The zero-order valence-corrected chi connectivity index (χ0v) is 17.0. The van der Waals surface area contributed by atoms with Crippen molar-refractivity contribution in [2.24, 2.45) is 5.10 Å². The molecule has 3 rings (SSSR count). The number of amides is 1. The van der Waals surface area contributed by atoms with Gasteiger partial charge in [0.05, 0.1) is 17.7 Å². The minimum Gasteiger partial charge on any atom is -0.507 e. The molecule has 0 fully saturated rings. The van der Waals surface area contributed by atoms with Crippen molar-refractivity contribution in [1.82, 2.24) is 15.2 Å². The van der Waals surface area contributed by atoms with Crippen LogP contribution in [-0.2, 0) is 6.54 Å². The molecule has 9 nitrogen and oxygen atoms in total. The van der Waals surface area contributed by atoms with Gasteiger partial charge in [0.15, 0.2) is 0 Å². The van der Waals surface area contributed by atoms with Crippen LogP contribution in [0.4, 0.5) is 5.69 Å². The number of aromatic nitrogens is 2. The van der Waals surface area contributed by atoms with Gasteiger partial charge in [0.1, 0.15) is 11.9 Å². The van der Waals surface area contributed by atoms with Crippen molar-refractivity contribution >= 4 is 45.3 Å². The van der Waals surface area contributed by atoms with Crippen molar-refractivity contribution < 1.29 is 14.8 Å². The van der Waals surface area contributed by atoms with Crippen LogP contribution < -0.4 is 5.43 Å². The Balaban J connectivity index is 1.77. The van der Waals surface area contributed by atoms with E-state index in [1.807, 2.05) is 24.3 Å². The third kappa shape index (κ3) is 5.18. The van der Waals surface area contributed by atoms with Gasteiger partial charge in [-0.05, 0) is 35.9 Å². The third-order valence-corrected chi connectivity index (χ3v) is 4.54. The van der Waals surface area contributed by atoms with Crippen LogP contribution in [-0.4, -0.2) is 31.9 Å². The molecule has 0 aliphatic heterocycles. The lowest BCUT2D eigenvalue weighted by molar-refractivity contribution is -0.385. The molecule has 0 aliphatic carbocycles. The smallest absolute Gasteiger partial charge is 0.320 e. The number of hydrogen-bond donors (Lipinski definition) is 2.